The molecule has 0 unspecified atom stereocenters. The summed E-state index contributed by atoms with van der Waals surface area (Å²) >= 11 is 0. The fourth-order valence-electron chi connectivity index (χ4n) is 2.92. The average Bonchev–Trinajstić information content (AvgIpc) is 2.60. The molecule has 25 heavy (non-hydrogen) atoms. The van der Waals surface area contributed by atoms with Crippen molar-refractivity contribution < 1.29 is 9.59 Å². The number of nitrogens with two attached hydrogens (primary N) is 1. The minimum atomic E-state index is -0.597. The maximum Gasteiger partial charge on any atom is 0.243 e. The minimum absolute atomic E-state index is 0.0366. The Labute approximate surface area is 150 Å². The quantitative estimate of drug-likeness (QED) is 0.701. The number of anilines is 1. The van der Waals surface area contributed by atoms with E-state index >= 15 is 0 Å². The number of carbonyl (C=O) groups excluding carboxylic acids is 2. The van der Waals surface area contributed by atoms with Crippen LogP contribution in [-0.4, -0.2) is 42.4 Å². The fraction of sp³-hybridized carbons (Fsp3) is 0.579. The van der Waals surface area contributed by atoms with Crippen LogP contribution >= 0.6 is 0 Å². The van der Waals surface area contributed by atoms with Crippen molar-refractivity contribution in [3.63, 3.8) is 0 Å². The van der Waals surface area contributed by atoms with Gasteiger partial charge in [-0.2, -0.15) is 0 Å². The second kappa shape index (κ2) is 9.53. The molecule has 6 nitrogen and oxygen atoms in total. The second-order valence-corrected chi connectivity index (χ2v) is 7.07. The van der Waals surface area contributed by atoms with Crippen LogP contribution in [0.3, 0.4) is 0 Å². The number of hydrogen-bond acceptors (Lipinski definition) is 4. The van der Waals surface area contributed by atoms with E-state index in [0.29, 0.717) is 0 Å². The summed E-state index contributed by atoms with van der Waals surface area (Å²) in [4.78, 5) is 26.3. The molecule has 1 atom stereocenters. The van der Waals surface area contributed by atoms with Crippen molar-refractivity contribution in [3.05, 3.63) is 29.8 Å². The Morgan fingerprint density at radius 3 is 2.60 bits per heavy atom. The first kappa shape index (κ1) is 19.4. The second-order valence-electron chi connectivity index (χ2n) is 7.07. The number of hydrogen-bond donors (Lipinski definition) is 3. The van der Waals surface area contributed by atoms with Gasteiger partial charge in [0.1, 0.15) is 0 Å². The van der Waals surface area contributed by atoms with Crippen molar-refractivity contribution in [1.82, 2.24) is 10.2 Å². The molecule has 1 aromatic carbocycles. The number of benzene rings is 1. The van der Waals surface area contributed by atoms with Gasteiger partial charge in [-0.15, -0.1) is 0 Å². The first-order valence-electron chi connectivity index (χ1n) is 9.10. The van der Waals surface area contributed by atoms with Crippen molar-refractivity contribution in [2.75, 3.05) is 25.0 Å². The molecule has 0 aliphatic carbocycles. The molecule has 1 saturated heterocycles. The van der Waals surface area contributed by atoms with Crippen LogP contribution in [0.4, 0.5) is 5.69 Å². The van der Waals surface area contributed by atoms with Gasteiger partial charge in [-0.05, 0) is 49.5 Å². The van der Waals surface area contributed by atoms with Gasteiger partial charge in [-0.3, -0.25) is 14.5 Å². The SMILES string of the molecule is CC(C)[C@H](N)C(=O)NCC(=O)Nc1cccc(CN2CCCCC2)c1. The van der Waals surface area contributed by atoms with E-state index in [2.05, 4.69) is 21.6 Å². The average molecular weight is 346 g/mol. The summed E-state index contributed by atoms with van der Waals surface area (Å²) in [6, 6.07) is 7.28. The molecule has 0 spiro atoms. The van der Waals surface area contributed by atoms with E-state index in [0.717, 1.165) is 25.3 Å². The van der Waals surface area contributed by atoms with Gasteiger partial charge in [0.2, 0.25) is 11.8 Å². The number of likely N-dealkylation sites (tertiary alicyclic amines) is 1. The van der Waals surface area contributed by atoms with Crippen molar-refractivity contribution in [2.45, 2.75) is 45.7 Å². The lowest BCUT2D eigenvalue weighted by atomic mass is 10.1. The summed E-state index contributed by atoms with van der Waals surface area (Å²) in [6.45, 7) is 6.85. The first-order valence-corrected chi connectivity index (χ1v) is 9.10. The highest BCUT2D eigenvalue weighted by molar-refractivity contribution is 5.95. The van der Waals surface area contributed by atoms with Crippen molar-refractivity contribution in [2.24, 2.45) is 11.7 Å². The molecule has 1 fully saturated rings. The number of nitrogens with one attached hydrogen (secondary N) is 2. The highest BCUT2D eigenvalue weighted by Crippen LogP contribution is 2.16. The topological polar surface area (TPSA) is 87.5 Å². The monoisotopic (exact) mass is 346 g/mol. The fourth-order valence-corrected chi connectivity index (χ4v) is 2.92. The zero-order valence-electron chi connectivity index (χ0n) is 15.3. The van der Waals surface area contributed by atoms with Crippen LogP contribution in [0.5, 0.6) is 0 Å². The molecule has 0 saturated carbocycles. The zero-order valence-corrected chi connectivity index (χ0v) is 15.3. The van der Waals surface area contributed by atoms with E-state index in [4.69, 9.17) is 5.73 Å². The van der Waals surface area contributed by atoms with Crippen LogP contribution < -0.4 is 16.4 Å². The molecule has 0 bridgehead atoms. The number of piperidine rings is 1. The van der Waals surface area contributed by atoms with Crippen LogP contribution in [0.2, 0.25) is 0 Å². The lowest BCUT2D eigenvalue weighted by Crippen LogP contribution is -2.46. The Bertz CT molecular complexity index is 583. The lowest BCUT2D eigenvalue weighted by molar-refractivity contribution is -0.125. The van der Waals surface area contributed by atoms with Gasteiger partial charge < -0.3 is 16.4 Å². The zero-order chi connectivity index (χ0) is 18.2. The van der Waals surface area contributed by atoms with E-state index < -0.39 is 6.04 Å². The first-order chi connectivity index (χ1) is 12.0. The molecule has 1 aliphatic rings. The van der Waals surface area contributed by atoms with Crippen LogP contribution in [0, 0.1) is 5.92 Å². The van der Waals surface area contributed by atoms with E-state index in [1.54, 1.807) is 0 Å². The maximum absolute atomic E-state index is 12.0. The third-order valence-electron chi connectivity index (χ3n) is 4.51. The molecular weight excluding hydrogens is 316 g/mol. The van der Waals surface area contributed by atoms with E-state index in [9.17, 15) is 9.59 Å². The summed E-state index contributed by atoms with van der Waals surface area (Å²) < 4.78 is 0. The molecule has 2 amide bonds. The van der Waals surface area contributed by atoms with Crippen molar-refractivity contribution in [3.8, 4) is 0 Å². The van der Waals surface area contributed by atoms with Gasteiger partial charge in [0, 0.05) is 12.2 Å². The molecule has 1 aromatic rings. The van der Waals surface area contributed by atoms with Gasteiger partial charge in [-0.25, -0.2) is 0 Å². The van der Waals surface area contributed by atoms with Gasteiger partial charge in [0.25, 0.3) is 0 Å². The Morgan fingerprint density at radius 1 is 1.20 bits per heavy atom. The Morgan fingerprint density at radius 2 is 1.92 bits per heavy atom. The van der Waals surface area contributed by atoms with Gasteiger partial charge in [-0.1, -0.05) is 32.4 Å². The minimum Gasteiger partial charge on any atom is -0.346 e. The molecule has 1 heterocycles. The standard InChI is InChI=1S/C19H30N4O2/c1-14(2)18(20)19(25)21-12-17(24)22-16-8-6-7-15(11-16)13-23-9-4-3-5-10-23/h6-8,11,14,18H,3-5,9-10,12-13,20H2,1-2H3,(H,21,25)(H,22,24)/t18-/m0/s1. The Kier molecular flexibility index (Phi) is 7.40. The predicted octanol–water partition coefficient (Wildman–Crippen LogP) is 1.71. The number of nitrogens with zero attached hydrogens (tertiary/aromatic N) is 1. The molecule has 0 radical (unpaired) electrons. The van der Waals surface area contributed by atoms with E-state index in [1.165, 1.54) is 24.8 Å². The summed E-state index contributed by atoms with van der Waals surface area (Å²) in [5, 5.41) is 5.41. The summed E-state index contributed by atoms with van der Waals surface area (Å²) in [7, 11) is 0. The lowest BCUT2D eigenvalue weighted by Gasteiger charge is -2.26. The molecule has 6 heteroatoms. The van der Waals surface area contributed by atoms with Crippen LogP contribution in [0.15, 0.2) is 24.3 Å². The number of amides is 2. The van der Waals surface area contributed by atoms with Gasteiger partial charge in [0.15, 0.2) is 0 Å². The predicted molar refractivity (Wildman–Crippen MR) is 100 cm³/mol. The van der Waals surface area contributed by atoms with Crippen LogP contribution in [-0.2, 0) is 16.1 Å². The molecule has 4 N–H and O–H groups in total. The summed E-state index contributed by atoms with van der Waals surface area (Å²) in [5.74, 6) is -0.516. The normalized spacial score (nSPS) is 16.5. The highest BCUT2D eigenvalue weighted by Gasteiger charge is 2.17. The molecular formula is C19H30N4O2. The largest absolute Gasteiger partial charge is 0.346 e. The third-order valence-corrected chi connectivity index (χ3v) is 4.51. The molecule has 138 valence electrons. The smallest absolute Gasteiger partial charge is 0.243 e. The number of rotatable bonds is 7. The van der Waals surface area contributed by atoms with E-state index in [1.807, 2.05) is 32.0 Å². The molecule has 0 aromatic heterocycles. The van der Waals surface area contributed by atoms with Gasteiger partial charge in [0.05, 0.1) is 12.6 Å². The number of carbonyl (C=O) groups is 2. The Balaban J connectivity index is 1.82. The van der Waals surface area contributed by atoms with E-state index in [-0.39, 0.29) is 24.3 Å². The third kappa shape index (κ3) is 6.48. The van der Waals surface area contributed by atoms with Gasteiger partial charge >= 0.3 is 0 Å². The van der Waals surface area contributed by atoms with Crippen molar-refractivity contribution >= 4 is 17.5 Å². The van der Waals surface area contributed by atoms with Crippen molar-refractivity contribution in [1.29, 1.82) is 0 Å². The summed E-state index contributed by atoms with van der Waals surface area (Å²) in [5.41, 5.74) is 7.70. The molecule has 2 rings (SSSR count). The summed E-state index contributed by atoms with van der Waals surface area (Å²) in [6.07, 6.45) is 3.84. The Hall–Kier alpha value is -1.92. The maximum atomic E-state index is 12.0. The van der Waals surface area contributed by atoms with Crippen LogP contribution in [0.25, 0.3) is 0 Å². The molecule has 1 aliphatic heterocycles. The highest BCUT2D eigenvalue weighted by atomic mass is 16.2. The van der Waals surface area contributed by atoms with Crippen LogP contribution in [0.1, 0.15) is 38.7 Å².